The number of carbonyl (C=O) groups excluding carboxylic acids is 1. The minimum atomic E-state index is -2.93. The van der Waals surface area contributed by atoms with Crippen molar-refractivity contribution in [3.63, 3.8) is 0 Å². The highest BCUT2D eigenvalue weighted by Crippen LogP contribution is 2.21. The Kier molecular flexibility index (Phi) is 9.34. The third-order valence-corrected chi connectivity index (χ3v) is 5.02. The van der Waals surface area contributed by atoms with E-state index >= 15 is 0 Å². The second-order valence-corrected chi connectivity index (χ2v) is 8.41. The van der Waals surface area contributed by atoms with Crippen molar-refractivity contribution in [3.05, 3.63) is 29.8 Å². The zero-order chi connectivity index (χ0) is 18.3. The van der Waals surface area contributed by atoms with Crippen LogP contribution in [0.2, 0.25) is 0 Å². The Hall–Kier alpha value is -1.36. The van der Waals surface area contributed by atoms with Crippen LogP contribution >= 0.6 is 24.0 Å². The predicted octanol–water partition coefficient (Wildman–Crippen LogP) is 1.53. The quantitative estimate of drug-likeness (QED) is 0.260. The highest BCUT2D eigenvalue weighted by atomic mass is 127. The number of hydrogen-bond acceptors (Lipinski definition) is 4. The molecule has 0 aliphatic carbocycles. The molecule has 0 spiro atoms. The first-order chi connectivity index (χ1) is 11.9. The lowest BCUT2D eigenvalue weighted by Crippen LogP contribution is -2.37. The predicted molar refractivity (Wildman–Crippen MR) is 116 cm³/mol. The molecule has 146 valence electrons. The van der Waals surface area contributed by atoms with Crippen LogP contribution in [0.3, 0.4) is 0 Å². The van der Waals surface area contributed by atoms with E-state index in [1.54, 1.807) is 7.05 Å². The molecular weight excluding hydrogens is 467 g/mol. The number of aliphatic imine (C=N–C) groups is 1. The van der Waals surface area contributed by atoms with Gasteiger partial charge in [-0.25, -0.2) is 8.42 Å². The topological polar surface area (TPSA) is 90.9 Å². The Morgan fingerprint density at radius 2 is 1.92 bits per heavy atom. The molecule has 1 saturated heterocycles. The molecule has 2 N–H and O–H groups in total. The van der Waals surface area contributed by atoms with Crippen LogP contribution in [-0.4, -0.2) is 52.4 Å². The lowest BCUT2D eigenvalue weighted by molar-refractivity contribution is -0.117. The maximum absolute atomic E-state index is 11.8. The van der Waals surface area contributed by atoms with Crippen LogP contribution in [0.1, 0.15) is 24.8 Å². The van der Waals surface area contributed by atoms with Crippen LogP contribution in [0.15, 0.2) is 29.3 Å². The average Bonchev–Trinajstić information content (AvgIpc) is 3.00. The van der Waals surface area contributed by atoms with Crippen LogP contribution < -0.4 is 15.5 Å². The fourth-order valence-corrected chi connectivity index (χ4v) is 3.33. The Bertz CT molecular complexity index is 720. The summed E-state index contributed by atoms with van der Waals surface area (Å²) in [5.41, 5.74) is 2.02. The van der Waals surface area contributed by atoms with E-state index in [-0.39, 0.29) is 35.6 Å². The molecule has 2 rings (SSSR count). The van der Waals surface area contributed by atoms with Crippen molar-refractivity contribution >= 4 is 51.4 Å². The molecule has 26 heavy (non-hydrogen) atoms. The summed E-state index contributed by atoms with van der Waals surface area (Å²) in [7, 11) is -1.25. The fraction of sp³-hybridized carbons (Fsp3) is 0.529. The Labute approximate surface area is 172 Å². The third-order valence-electron chi connectivity index (χ3n) is 3.99. The highest BCUT2D eigenvalue weighted by Gasteiger charge is 2.21. The standard InChI is InChI=1S/C17H26N4O3S.HI/c1-18-17(19-10-4-12-25(2,23)24)20-13-14-6-8-15(9-7-14)21-11-3-5-16(21)22;/h6-9H,3-5,10-13H2,1-2H3,(H2,18,19,20);1H. The molecule has 1 aliphatic heterocycles. The van der Waals surface area contributed by atoms with Crippen molar-refractivity contribution in [1.82, 2.24) is 10.6 Å². The molecule has 0 aromatic heterocycles. The maximum Gasteiger partial charge on any atom is 0.227 e. The lowest BCUT2D eigenvalue weighted by Gasteiger charge is -2.16. The number of nitrogens with zero attached hydrogens (tertiary/aromatic N) is 2. The number of sulfone groups is 1. The monoisotopic (exact) mass is 494 g/mol. The number of guanidine groups is 1. The van der Waals surface area contributed by atoms with Crippen LogP contribution in [0, 0.1) is 0 Å². The number of benzene rings is 1. The summed E-state index contributed by atoms with van der Waals surface area (Å²) in [6, 6.07) is 7.90. The molecular formula is C17H27IN4O3S. The minimum absolute atomic E-state index is 0. The Balaban J connectivity index is 0.00000338. The second kappa shape index (κ2) is 10.7. The number of carbonyl (C=O) groups is 1. The molecule has 1 heterocycles. The zero-order valence-electron chi connectivity index (χ0n) is 15.2. The molecule has 0 bridgehead atoms. The van der Waals surface area contributed by atoms with Gasteiger partial charge in [-0.3, -0.25) is 9.79 Å². The second-order valence-electron chi connectivity index (χ2n) is 6.15. The smallest absolute Gasteiger partial charge is 0.227 e. The van der Waals surface area contributed by atoms with Gasteiger partial charge in [-0.05, 0) is 30.5 Å². The van der Waals surface area contributed by atoms with Crippen LogP contribution in [-0.2, 0) is 21.2 Å². The van der Waals surface area contributed by atoms with Crippen LogP contribution in [0.4, 0.5) is 5.69 Å². The Morgan fingerprint density at radius 1 is 1.23 bits per heavy atom. The summed E-state index contributed by atoms with van der Waals surface area (Å²) in [4.78, 5) is 17.7. The molecule has 9 heteroatoms. The number of rotatable bonds is 7. The first-order valence-electron chi connectivity index (χ1n) is 8.40. The number of nitrogens with one attached hydrogen (secondary N) is 2. The zero-order valence-corrected chi connectivity index (χ0v) is 18.3. The first-order valence-corrected chi connectivity index (χ1v) is 10.5. The molecule has 1 aromatic rings. The van der Waals surface area contributed by atoms with E-state index in [0.29, 0.717) is 31.9 Å². The van der Waals surface area contributed by atoms with Gasteiger partial charge in [0.1, 0.15) is 9.84 Å². The summed E-state index contributed by atoms with van der Waals surface area (Å²) in [6.45, 7) is 1.93. The van der Waals surface area contributed by atoms with E-state index < -0.39 is 9.84 Å². The molecule has 1 aromatic carbocycles. The van der Waals surface area contributed by atoms with Gasteiger partial charge < -0.3 is 15.5 Å². The van der Waals surface area contributed by atoms with Gasteiger partial charge in [0.25, 0.3) is 0 Å². The summed E-state index contributed by atoms with van der Waals surface area (Å²) in [5.74, 6) is 0.977. The lowest BCUT2D eigenvalue weighted by atomic mass is 10.2. The number of anilines is 1. The normalized spacial score (nSPS) is 14.9. The van der Waals surface area contributed by atoms with Gasteiger partial charge >= 0.3 is 0 Å². The van der Waals surface area contributed by atoms with E-state index in [1.165, 1.54) is 6.26 Å². The highest BCUT2D eigenvalue weighted by molar-refractivity contribution is 14.0. The van der Waals surface area contributed by atoms with Gasteiger partial charge in [-0.15, -0.1) is 24.0 Å². The molecule has 0 atom stereocenters. The molecule has 1 amide bonds. The summed E-state index contributed by atoms with van der Waals surface area (Å²) < 4.78 is 22.2. The van der Waals surface area contributed by atoms with Crippen molar-refractivity contribution in [2.24, 2.45) is 4.99 Å². The number of halogens is 1. The molecule has 7 nitrogen and oxygen atoms in total. The number of amides is 1. The third kappa shape index (κ3) is 7.48. The van der Waals surface area contributed by atoms with Gasteiger partial charge in [0.05, 0.1) is 5.75 Å². The van der Waals surface area contributed by atoms with E-state index in [2.05, 4.69) is 15.6 Å². The van der Waals surface area contributed by atoms with E-state index in [4.69, 9.17) is 0 Å². The molecule has 1 fully saturated rings. The SMILES string of the molecule is CN=C(NCCCS(C)(=O)=O)NCc1ccc(N2CCCC2=O)cc1.I. The molecule has 0 unspecified atom stereocenters. The average molecular weight is 494 g/mol. The van der Waals surface area contributed by atoms with Crippen molar-refractivity contribution in [3.8, 4) is 0 Å². The molecule has 0 saturated carbocycles. The Morgan fingerprint density at radius 3 is 2.46 bits per heavy atom. The van der Waals surface area contributed by atoms with Crippen molar-refractivity contribution < 1.29 is 13.2 Å². The molecule has 1 aliphatic rings. The van der Waals surface area contributed by atoms with E-state index in [0.717, 1.165) is 24.2 Å². The van der Waals surface area contributed by atoms with Crippen molar-refractivity contribution in [2.75, 3.05) is 37.0 Å². The van der Waals surface area contributed by atoms with Gasteiger partial charge in [-0.2, -0.15) is 0 Å². The van der Waals surface area contributed by atoms with Crippen molar-refractivity contribution in [2.45, 2.75) is 25.8 Å². The van der Waals surface area contributed by atoms with Gasteiger partial charge in [0.2, 0.25) is 5.91 Å². The van der Waals surface area contributed by atoms with Crippen LogP contribution in [0.5, 0.6) is 0 Å². The summed E-state index contributed by atoms with van der Waals surface area (Å²) >= 11 is 0. The molecule has 0 radical (unpaired) electrons. The largest absolute Gasteiger partial charge is 0.356 e. The minimum Gasteiger partial charge on any atom is -0.356 e. The fourth-order valence-electron chi connectivity index (χ4n) is 2.66. The number of hydrogen-bond donors (Lipinski definition) is 2. The van der Waals surface area contributed by atoms with Crippen molar-refractivity contribution in [1.29, 1.82) is 0 Å². The summed E-state index contributed by atoms with van der Waals surface area (Å²) in [6.07, 6.45) is 3.33. The summed E-state index contributed by atoms with van der Waals surface area (Å²) in [5, 5.41) is 6.29. The van der Waals surface area contributed by atoms with Gasteiger partial charge in [-0.1, -0.05) is 12.1 Å². The van der Waals surface area contributed by atoms with E-state index in [1.807, 2.05) is 29.2 Å². The van der Waals surface area contributed by atoms with Gasteiger partial charge in [0, 0.05) is 45.0 Å². The van der Waals surface area contributed by atoms with E-state index in [9.17, 15) is 13.2 Å². The maximum atomic E-state index is 11.8. The first kappa shape index (κ1) is 22.7. The van der Waals surface area contributed by atoms with Crippen LogP contribution in [0.25, 0.3) is 0 Å². The van der Waals surface area contributed by atoms with Gasteiger partial charge in [0.15, 0.2) is 5.96 Å².